The number of carbonyl (C=O) groups excluding carboxylic acids is 3. The molecule has 3 rings (SSSR count). The Balaban J connectivity index is 1.63. The Kier molecular flexibility index (Phi) is 7.05. The van der Waals surface area contributed by atoms with Crippen molar-refractivity contribution in [3.8, 4) is 11.8 Å². The van der Waals surface area contributed by atoms with Crippen molar-refractivity contribution in [3.05, 3.63) is 59.9 Å². The van der Waals surface area contributed by atoms with Crippen molar-refractivity contribution in [2.75, 3.05) is 32.6 Å². The predicted octanol–water partition coefficient (Wildman–Crippen LogP) is 2.29. The molecule has 3 amide bonds. The second kappa shape index (κ2) is 9.92. The highest BCUT2D eigenvalue weighted by Gasteiger charge is 2.39. The van der Waals surface area contributed by atoms with E-state index in [-0.39, 0.29) is 36.7 Å². The fourth-order valence-corrected chi connectivity index (χ4v) is 3.58. The zero-order valence-electron chi connectivity index (χ0n) is 17.7. The van der Waals surface area contributed by atoms with Crippen molar-refractivity contribution in [1.82, 2.24) is 9.80 Å². The fraction of sp³-hybridized carbons (Fsp3) is 0.304. The van der Waals surface area contributed by atoms with Gasteiger partial charge in [0.15, 0.2) is 11.6 Å². The highest BCUT2D eigenvalue weighted by molar-refractivity contribution is 5.97. The van der Waals surface area contributed by atoms with E-state index < -0.39 is 29.6 Å². The third-order valence-electron chi connectivity index (χ3n) is 5.30. The number of benzene rings is 2. The smallest absolute Gasteiger partial charge is 0.254 e. The van der Waals surface area contributed by atoms with Gasteiger partial charge in [-0.3, -0.25) is 14.4 Å². The van der Waals surface area contributed by atoms with Gasteiger partial charge in [-0.25, -0.2) is 4.39 Å². The number of nitriles is 1. The van der Waals surface area contributed by atoms with Crippen LogP contribution in [-0.2, 0) is 9.59 Å². The lowest BCUT2D eigenvalue weighted by Crippen LogP contribution is -2.43. The van der Waals surface area contributed by atoms with Crippen molar-refractivity contribution < 1.29 is 23.5 Å². The number of amides is 3. The van der Waals surface area contributed by atoms with Gasteiger partial charge < -0.3 is 19.9 Å². The number of halogens is 1. The number of likely N-dealkylation sites (tertiary alicyclic amines) is 1. The van der Waals surface area contributed by atoms with E-state index in [2.05, 4.69) is 11.4 Å². The molecule has 1 aliphatic heterocycles. The van der Waals surface area contributed by atoms with Gasteiger partial charge in [0.25, 0.3) is 5.91 Å². The molecule has 2 aromatic carbocycles. The van der Waals surface area contributed by atoms with Crippen molar-refractivity contribution in [2.45, 2.75) is 12.5 Å². The number of likely N-dealkylation sites (N-methyl/N-ethyl adjacent to an activating group) is 1. The van der Waals surface area contributed by atoms with Crippen LogP contribution in [0.3, 0.4) is 0 Å². The monoisotopic (exact) mass is 438 g/mol. The van der Waals surface area contributed by atoms with Crippen LogP contribution in [0.15, 0.2) is 48.5 Å². The van der Waals surface area contributed by atoms with E-state index in [0.29, 0.717) is 5.69 Å². The lowest BCUT2D eigenvalue weighted by molar-refractivity contribution is -0.131. The predicted molar refractivity (Wildman–Crippen MR) is 114 cm³/mol. The summed E-state index contributed by atoms with van der Waals surface area (Å²) in [5.41, 5.74) is 0.699. The van der Waals surface area contributed by atoms with Crippen LogP contribution in [0.4, 0.5) is 10.1 Å². The van der Waals surface area contributed by atoms with Gasteiger partial charge in [-0.2, -0.15) is 5.26 Å². The molecule has 1 N–H and O–H groups in total. The lowest BCUT2D eigenvalue weighted by atomic mass is 10.1. The van der Waals surface area contributed by atoms with Gasteiger partial charge in [-0.1, -0.05) is 18.2 Å². The molecular formula is C23H23FN4O4. The second-order valence-electron chi connectivity index (χ2n) is 7.49. The first-order valence-corrected chi connectivity index (χ1v) is 9.98. The molecule has 2 atom stereocenters. The van der Waals surface area contributed by atoms with Gasteiger partial charge in [0.1, 0.15) is 6.04 Å². The maximum atomic E-state index is 13.9. The number of rotatable bonds is 6. The normalized spacial score (nSPS) is 17.4. The quantitative estimate of drug-likeness (QED) is 0.746. The van der Waals surface area contributed by atoms with Gasteiger partial charge in [-0.05, 0) is 36.8 Å². The summed E-state index contributed by atoms with van der Waals surface area (Å²) in [4.78, 5) is 40.4. The molecule has 0 bridgehead atoms. The third-order valence-corrected chi connectivity index (χ3v) is 5.30. The molecule has 2 unspecified atom stereocenters. The van der Waals surface area contributed by atoms with E-state index in [4.69, 9.17) is 4.74 Å². The number of hydrogen-bond donors (Lipinski definition) is 1. The third kappa shape index (κ3) is 5.03. The number of carbonyl (C=O) groups is 3. The molecule has 1 saturated heterocycles. The number of methoxy groups -OCH3 is 1. The Morgan fingerprint density at radius 1 is 1.25 bits per heavy atom. The van der Waals surface area contributed by atoms with Crippen molar-refractivity contribution in [2.24, 2.45) is 5.92 Å². The number of para-hydroxylation sites is 1. The molecule has 166 valence electrons. The Morgan fingerprint density at radius 2 is 1.97 bits per heavy atom. The number of anilines is 1. The van der Waals surface area contributed by atoms with Crippen LogP contribution in [0, 0.1) is 23.1 Å². The van der Waals surface area contributed by atoms with Crippen LogP contribution in [0.25, 0.3) is 0 Å². The zero-order chi connectivity index (χ0) is 23.3. The standard InChI is InChI=1S/C23H23FN4O4/c1-27(23(31)15-8-9-20(32-2)19(24)11-15)14-21(29)28-13-16(10-18(28)12-25)22(30)26-17-6-4-3-5-7-17/h3-9,11,16,18H,10,13-14H2,1-2H3,(H,26,30). The van der Waals surface area contributed by atoms with Gasteiger partial charge in [0.2, 0.25) is 11.8 Å². The first-order valence-electron chi connectivity index (χ1n) is 9.98. The van der Waals surface area contributed by atoms with Crippen LogP contribution in [0.1, 0.15) is 16.8 Å². The van der Waals surface area contributed by atoms with Gasteiger partial charge in [0, 0.05) is 24.8 Å². The molecule has 0 aliphatic carbocycles. The summed E-state index contributed by atoms with van der Waals surface area (Å²) in [5.74, 6) is -2.50. The van der Waals surface area contributed by atoms with Crippen LogP contribution < -0.4 is 10.1 Å². The minimum atomic E-state index is -0.768. The van der Waals surface area contributed by atoms with E-state index in [1.54, 1.807) is 24.3 Å². The average Bonchev–Trinajstić information content (AvgIpc) is 3.24. The Labute approximate surface area is 185 Å². The number of nitrogens with one attached hydrogen (secondary N) is 1. The first kappa shape index (κ1) is 22.7. The van der Waals surface area contributed by atoms with Crippen LogP contribution >= 0.6 is 0 Å². The number of hydrogen-bond acceptors (Lipinski definition) is 5. The largest absolute Gasteiger partial charge is 0.494 e. The van der Waals surface area contributed by atoms with Crippen molar-refractivity contribution in [3.63, 3.8) is 0 Å². The molecule has 1 fully saturated rings. The maximum Gasteiger partial charge on any atom is 0.254 e. The summed E-state index contributed by atoms with van der Waals surface area (Å²) in [6, 6.07) is 14.0. The van der Waals surface area contributed by atoms with Crippen LogP contribution in [0.2, 0.25) is 0 Å². The SMILES string of the molecule is COc1ccc(C(=O)N(C)CC(=O)N2CC(C(=O)Nc3ccccc3)CC2C#N)cc1F. The molecule has 0 aromatic heterocycles. The zero-order valence-corrected chi connectivity index (χ0v) is 17.7. The summed E-state index contributed by atoms with van der Waals surface area (Å²) in [5, 5.41) is 12.3. The minimum absolute atomic E-state index is 0.00836. The van der Waals surface area contributed by atoms with Crippen LogP contribution in [-0.4, -0.2) is 60.8 Å². The molecular weight excluding hydrogens is 415 g/mol. The summed E-state index contributed by atoms with van der Waals surface area (Å²) in [7, 11) is 2.74. The highest BCUT2D eigenvalue weighted by atomic mass is 19.1. The van der Waals surface area contributed by atoms with Gasteiger partial charge in [-0.15, -0.1) is 0 Å². The average molecular weight is 438 g/mol. The second-order valence-corrected chi connectivity index (χ2v) is 7.49. The number of ether oxygens (including phenoxy) is 1. The Morgan fingerprint density at radius 3 is 2.59 bits per heavy atom. The lowest BCUT2D eigenvalue weighted by Gasteiger charge is -2.24. The van der Waals surface area contributed by atoms with Gasteiger partial charge >= 0.3 is 0 Å². The van der Waals surface area contributed by atoms with Crippen molar-refractivity contribution in [1.29, 1.82) is 5.26 Å². The van der Waals surface area contributed by atoms with E-state index in [1.807, 2.05) is 6.07 Å². The van der Waals surface area contributed by atoms with E-state index in [0.717, 1.165) is 11.0 Å². The minimum Gasteiger partial charge on any atom is -0.494 e. The molecule has 0 radical (unpaired) electrons. The fourth-order valence-electron chi connectivity index (χ4n) is 3.58. The highest BCUT2D eigenvalue weighted by Crippen LogP contribution is 2.25. The van der Waals surface area contributed by atoms with Gasteiger partial charge in [0.05, 0.1) is 25.6 Å². The molecule has 9 heteroatoms. The molecule has 1 aliphatic rings. The molecule has 0 spiro atoms. The number of nitrogens with zero attached hydrogens (tertiary/aromatic N) is 3. The first-order chi connectivity index (χ1) is 15.3. The maximum absolute atomic E-state index is 13.9. The molecule has 0 saturated carbocycles. The summed E-state index contributed by atoms with van der Waals surface area (Å²) < 4.78 is 18.7. The van der Waals surface area contributed by atoms with Crippen LogP contribution in [0.5, 0.6) is 5.75 Å². The molecule has 2 aromatic rings. The molecule has 1 heterocycles. The Bertz CT molecular complexity index is 1050. The Hall–Kier alpha value is -3.93. The van der Waals surface area contributed by atoms with E-state index in [9.17, 15) is 24.0 Å². The van der Waals surface area contributed by atoms with Crippen molar-refractivity contribution >= 4 is 23.4 Å². The van der Waals surface area contributed by atoms with E-state index in [1.165, 1.54) is 31.2 Å². The van der Waals surface area contributed by atoms with E-state index >= 15 is 0 Å². The topological polar surface area (TPSA) is 103 Å². The summed E-state index contributed by atoms with van der Waals surface area (Å²) in [6.07, 6.45) is 0.211. The molecule has 8 nitrogen and oxygen atoms in total. The summed E-state index contributed by atoms with van der Waals surface area (Å²) >= 11 is 0. The molecule has 32 heavy (non-hydrogen) atoms. The summed E-state index contributed by atoms with van der Waals surface area (Å²) in [6.45, 7) is -0.230.